The number of carbonyl (C=O) groups excluding carboxylic acids is 1. The molecular weight excluding hydrogens is 316 g/mol. The van der Waals surface area contributed by atoms with Crippen LogP contribution >= 0.6 is 0 Å². The average molecular weight is 338 g/mol. The molecule has 3 rings (SSSR count). The Morgan fingerprint density at radius 1 is 1.12 bits per heavy atom. The molecule has 6 nitrogen and oxygen atoms in total. The zero-order chi connectivity index (χ0) is 17.5. The van der Waals surface area contributed by atoms with Gasteiger partial charge in [-0.25, -0.2) is 0 Å². The average Bonchev–Trinajstić information content (AvgIpc) is 3.05. The van der Waals surface area contributed by atoms with E-state index in [0.717, 1.165) is 17.0 Å². The highest BCUT2D eigenvalue weighted by Gasteiger charge is 2.12. The van der Waals surface area contributed by atoms with Crippen molar-refractivity contribution in [3.8, 4) is 0 Å². The van der Waals surface area contributed by atoms with Gasteiger partial charge in [-0.3, -0.25) is 9.20 Å². The maximum atomic E-state index is 12.1. The normalized spacial score (nSPS) is 12.2. The van der Waals surface area contributed by atoms with Crippen LogP contribution in [0.15, 0.2) is 54.7 Å². The van der Waals surface area contributed by atoms with Gasteiger partial charge in [0.25, 0.3) is 0 Å². The van der Waals surface area contributed by atoms with Crippen molar-refractivity contribution in [3.63, 3.8) is 0 Å². The Kier molecular flexibility index (Phi) is 5.74. The zero-order valence-corrected chi connectivity index (χ0v) is 14.0. The van der Waals surface area contributed by atoms with E-state index in [1.807, 2.05) is 59.1 Å². The highest BCUT2D eigenvalue weighted by Crippen LogP contribution is 2.07. The number of pyridine rings is 1. The molecule has 0 unspecified atom stereocenters. The van der Waals surface area contributed by atoms with Crippen molar-refractivity contribution in [1.29, 1.82) is 0 Å². The fraction of sp³-hybridized carbons (Fsp3) is 0.316. The highest BCUT2D eigenvalue weighted by molar-refractivity contribution is 5.76. The molecule has 2 aromatic heterocycles. The third-order valence-electron chi connectivity index (χ3n) is 4.10. The topological polar surface area (TPSA) is 79.5 Å². The van der Waals surface area contributed by atoms with E-state index in [1.165, 1.54) is 0 Å². The minimum atomic E-state index is -0.260. The number of rotatable bonds is 8. The number of nitrogens with zero attached hydrogens (tertiary/aromatic N) is 3. The lowest BCUT2D eigenvalue weighted by Crippen LogP contribution is -2.39. The van der Waals surface area contributed by atoms with Gasteiger partial charge in [0, 0.05) is 19.0 Å². The van der Waals surface area contributed by atoms with E-state index in [0.29, 0.717) is 25.7 Å². The molecule has 0 aliphatic heterocycles. The minimum Gasteiger partial charge on any atom is -0.394 e. The third-order valence-corrected chi connectivity index (χ3v) is 4.10. The van der Waals surface area contributed by atoms with Gasteiger partial charge in [0.05, 0.1) is 12.6 Å². The summed E-state index contributed by atoms with van der Waals surface area (Å²) < 4.78 is 1.93. The van der Waals surface area contributed by atoms with Gasteiger partial charge >= 0.3 is 0 Å². The first-order valence-corrected chi connectivity index (χ1v) is 8.49. The van der Waals surface area contributed by atoms with Crippen LogP contribution in [0.2, 0.25) is 0 Å². The quantitative estimate of drug-likeness (QED) is 0.656. The molecule has 0 aliphatic rings. The van der Waals surface area contributed by atoms with Crippen LogP contribution in [0.4, 0.5) is 0 Å². The fourth-order valence-electron chi connectivity index (χ4n) is 2.83. The van der Waals surface area contributed by atoms with E-state index in [-0.39, 0.29) is 18.6 Å². The second-order valence-corrected chi connectivity index (χ2v) is 6.04. The summed E-state index contributed by atoms with van der Waals surface area (Å²) in [6.45, 7) is -0.0740. The number of aliphatic hydroxyl groups is 1. The number of aliphatic hydroxyl groups excluding tert-OH is 1. The predicted octanol–water partition coefficient (Wildman–Crippen LogP) is 1.77. The summed E-state index contributed by atoms with van der Waals surface area (Å²) in [6, 6.07) is 15.3. The first-order valence-electron chi connectivity index (χ1n) is 8.49. The van der Waals surface area contributed by atoms with Gasteiger partial charge in [-0.1, -0.05) is 36.4 Å². The summed E-state index contributed by atoms with van der Waals surface area (Å²) in [7, 11) is 0. The van der Waals surface area contributed by atoms with Gasteiger partial charge in [0.2, 0.25) is 5.91 Å². The first-order chi connectivity index (χ1) is 12.3. The number of amides is 1. The maximum Gasteiger partial charge on any atom is 0.220 e. The molecule has 0 radical (unpaired) electrons. The maximum absolute atomic E-state index is 12.1. The summed E-state index contributed by atoms with van der Waals surface area (Å²) in [5, 5.41) is 20.7. The van der Waals surface area contributed by atoms with Gasteiger partial charge in [0.15, 0.2) is 5.65 Å². The van der Waals surface area contributed by atoms with E-state index in [4.69, 9.17) is 0 Å². The number of hydrogen-bond acceptors (Lipinski definition) is 4. The summed E-state index contributed by atoms with van der Waals surface area (Å²) in [4.78, 5) is 12.1. The molecule has 25 heavy (non-hydrogen) atoms. The second-order valence-electron chi connectivity index (χ2n) is 6.04. The van der Waals surface area contributed by atoms with Crippen molar-refractivity contribution in [2.75, 3.05) is 6.61 Å². The number of aryl methyl sites for hydroxylation is 1. The van der Waals surface area contributed by atoms with Crippen LogP contribution in [0.5, 0.6) is 0 Å². The molecular formula is C19H22N4O2. The molecule has 0 spiro atoms. The number of carbonyl (C=O) groups is 1. The first kappa shape index (κ1) is 17.1. The molecule has 3 aromatic rings. The van der Waals surface area contributed by atoms with Crippen LogP contribution in [0.25, 0.3) is 5.65 Å². The number of aromatic nitrogens is 3. The Morgan fingerprint density at radius 3 is 2.72 bits per heavy atom. The molecule has 0 saturated heterocycles. The summed E-state index contributed by atoms with van der Waals surface area (Å²) in [5.41, 5.74) is 1.90. The largest absolute Gasteiger partial charge is 0.394 e. The van der Waals surface area contributed by atoms with Crippen LogP contribution in [-0.2, 0) is 17.6 Å². The Hall–Kier alpha value is -2.73. The number of benzene rings is 1. The zero-order valence-electron chi connectivity index (χ0n) is 14.0. The molecule has 2 N–H and O–H groups in total. The van der Waals surface area contributed by atoms with Gasteiger partial charge in [0.1, 0.15) is 5.82 Å². The Morgan fingerprint density at radius 2 is 1.92 bits per heavy atom. The van der Waals surface area contributed by atoms with Crippen LogP contribution in [0, 0.1) is 0 Å². The molecule has 0 bridgehead atoms. The van der Waals surface area contributed by atoms with Crippen molar-refractivity contribution in [3.05, 3.63) is 66.1 Å². The van der Waals surface area contributed by atoms with Crippen LogP contribution in [0.1, 0.15) is 24.2 Å². The lowest BCUT2D eigenvalue weighted by atomic mass is 10.1. The lowest BCUT2D eigenvalue weighted by molar-refractivity contribution is -0.122. The monoisotopic (exact) mass is 338 g/mol. The molecule has 2 heterocycles. The molecule has 1 amide bonds. The third kappa shape index (κ3) is 4.64. The molecule has 0 saturated carbocycles. The van der Waals surface area contributed by atoms with E-state index in [1.54, 1.807) is 0 Å². The van der Waals surface area contributed by atoms with Crippen molar-refractivity contribution in [2.45, 2.75) is 31.7 Å². The number of nitrogens with one attached hydrogen (secondary N) is 1. The fourth-order valence-corrected chi connectivity index (χ4v) is 2.83. The Bertz CT molecular complexity index is 816. The lowest BCUT2D eigenvalue weighted by Gasteiger charge is -2.16. The second kappa shape index (κ2) is 8.39. The molecule has 130 valence electrons. The molecule has 0 fully saturated rings. The van der Waals surface area contributed by atoms with Gasteiger partial charge < -0.3 is 10.4 Å². The van der Waals surface area contributed by atoms with E-state index >= 15 is 0 Å². The highest BCUT2D eigenvalue weighted by atomic mass is 16.3. The standard InChI is InChI=1S/C19H22N4O2/c24-14-16(13-15-7-2-1-3-8-15)20-19(25)11-6-10-18-22-21-17-9-4-5-12-23(17)18/h1-5,7-9,12,16,24H,6,10-11,13-14H2,(H,20,25)/t16-/m0/s1. The molecule has 1 aromatic carbocycles. The Labute approximate surface area is 146 Å². The van der Waals surface area contributed by atoms with E-state index < -0.39 is 0 Å². The van der Waals surface area contributed by atoms with Gasteiger partial charge in [-0.2, -0.15) is 0 Å². The molecule has 1 atom stereocenters. The number of fused-ring (bicyclic) bond motifs is 1. The van der Waals surface area contributed by atoms with E-state index in [2.05, 4.69) is 15.5 Å². The summed E-state index contributed by atoms with van der Waals surface area (Å²) >= 11 is 0. The summed E-state index contributed by atoms with van der Waals surface area (Å²) in [5.74, 6) is 0.801. The van der Waals surface area contributed by atoms with Gasteiger partial charge in [-0.05, 0) is 30.5 Å². The van der Waals surface area contributed by atoms with Crippen LogP contribution in [-0.4, -0.2) is 38.3 Å². The molecule has 6 heteroatoms. The van der Waals surface area contributed by atoms with Crippen molar-refractivity contribution < 1.29 is 9.90 Å². The van der Waals surface area contributed by atoms with Crippen LogP contribution < -0.4 is 5.32 Å². The minimum absolute atomic E-state index is 0.0520. The van der Waals surface area contributed by atoms with Crippen molar-refractivity contribution in [1.82, 2.24) is 19.9 Å². The van der Waals surface area contributed by atoms with Gasteiger partial charge in [-0.15, -0.1) is 10.2 Å². The predicted molar refractivity (Wildman–Crippen MR) is 95.1 cm³/mol. The van der Waals surface area contributed by atoms with Crippen molar-refractivity contribution in [2.24, 2.45) is 0 Å². The van der Waals surface area contributed by atoms with E-state index in [9.17, 15) is 9.90 Å². The van der Waals surface area contributed by atoms with Crippen LogP contribution in [0.3, 0.4) is 0 Å². The summed E-state index contributed by atoms with van der Waals surface area (Å²) in [6.07, 6.45) is 4.31. The Balaban J connectivity index is 1.47. The molecule has 0 aliphatic carbocycles. The van der Waals surface area contributed by atoms with Crippen molar-refractivity contribution >= 4 is 11.6 Å². The number of hydrogen-bond donors (Lipinski definition) is 2. The smallest absolute Gasteiger partial charge is 0.220 e. The SMILES string of the molecule is O=C(CCCc1nnc2ccccn12)N[C@H](CO)Cc1ccccc1.